The lowest BCUT2D eigenvalue weighted by atomic mass is 10.1. The molecule has 6 nitrogen and oxygen atoms in total. The number of pyridine rings is 1. The Hall–Kier alpha value is -2.21. The van der Waals surface area contributed by atoms with Gasteiger partial charge < -0.3 is 10.3 Å². The van der Waals surface area contributed by atoms with Gasteiger partial charge in [0, 0.05) is 30.2 Å². The van der Waals surface area contributed by atoms with Crippen molar-refractivity contribution in [3.05, 3.63) is 57.2 Å². The zero-order chi connectivity index (χ0) is 14.9. The van der Waals surface area contributed by atoms with E-state index in [2.05, 4.69) is 4.98 Å². The lowest BCUT2D eigenvalue weighted by molar-refractivity contribution is -0.386. The maximum absolute atomic E-state index is 11.1. The molecule has 106 valence electrons. The molecule has 0 fully saturated rings. The van der Waals surface area contributed by atoms with E-state index >= 15 is 0 Å². The van der Waals surface area contributed by atoms with Crippen molar-refractivity contribution < 1.29 is 4.92 Å². The molecule has 0 aromatic carbocycles. The van der Waals surface area contributed by atoms with Crippen LogP contribution in [0.15, 0.2) is 24.7 Å². The summed E-state index contributed by atoms with van der Waals surface area (Å²) in [5, 5.41) is 11.1. The molecule has 0 aliphatic heterocycles. The Morgan fingerprint density at radius 1 is 1.50 bits per heavy atom. The summed E-state index contributed by atoms with van der Waals surface area (Å²) in [5.74, 6) is 0. The standard InChI is InChI=1S/C14H18N4O2/c1-9-6-16-13(10(2)14(9)18(19)20)8-17-5-4-12(7-17)11(3)15/h4-7,11H,8,15H2,1-3H3. The van der Waals surface area contributed by atoms with Gasteiger partial charge in [-0.2, -0.15) is 0 Å². The molecule has 0 aliphatic rings. The average Bonchev–Trinajstić information content (AvgIpc) is 2.81. The zero-order valence-corrected chi connectivity index (χ0v) is 11.8. The normalized spacial score (nSPS) is 12.4. The lowest BCUT2D eigenvalue weighted by Crippen LogP contribution is -2.07. The van der Waals surface area contributed by atoms with Crippen molar-refractivity contribution in [2.24, 2.45) is 5.73 Å². The third-order valence-electron chi connectivity index (χ3n) is 3.39. The van der Waals surface area contributed by atoms with Crippen LogP contribution in [0.1, 0.15) is 35.3 Å². The van der Waals surface area contributed by atoms with E-state index in [9.17, 15) is 10.1 Å². The second-order valence-electron chi connectivity index (χ2n) is 5.02. The number of nitro groups is 1. The molecular weight excluding hydrogens is 256 g/mol. The quantitative estimate of drug-likeness (QED) is 0.685. The van der Waals surface area contributed by atoms with Gasteiger partial charge in [-0.15, -0.1) is 0 Å². The number of aryl methyl sites for hydroxylation is 1. The van der Waals surface area contributed by atoms with Crippen LogP contribution in [0, 0.1) is 24.0 Å². The van der Waals surface area contributed by atoms with E-state index in [0.717, 1.165) is 5.56 Å². The van der Waals surface area contributed by atoms with E-state index in [1.807, 2.05) is 30.0 Å². The van der Waals surface area contributed by atoms with Crippen LogP contribution in [-0.2, 0) is 6.54 Å². The Balaban J connectivity index is 2.34. The summed E-state index contributed by atoms with van der Waals surface area (Å²) in [7, 11) is 0. The van der Waals surface area contributed by atoms with Gasteiger partial charge in [-0.05, 0) is 32.4 Å². The topological polar surface area (TPSA) is 87.0 Å². The molecule has 0 bridgehead atoms. The van der Waals surface area contributed by atoms with Gasteiger partial charge in [0.05, 0.1) is 22.7 Å². The molecule has 0 spiro atoms. The van der Waals surface area contributed by atoms with Crippen LogP contribution in [0.3, 0.4) is 0 Å². The zero-order valence-electron chi connectivity index (χ0n) is 11.8. The van der Waals surface area contributed by atoms with Crippen LogP contribution in [0.2, 0.25) is 0 Å². The van der Waals surface area contributed by atoms with E-state index in [1.54, 1.807) is 20.0 Å². The second-order valence-corrected chi connectivity index (χ2v) is 5.02. The van der Waals surface area contributed by atoms with Crippen LogP contribution >= 0.6 is 0 Å². The molecule has 1 atom stereocenters. The number of rotatable bonds is 4. The summed E-state index contributed by atoms with van der Waals surface area (Å²) in [6.45, 7) is 5.86. The third kappa shape index (κ3) is 2.70. The highest BCUT2D eigenvalue weighted by Crippen LogP contribution is 2.24. The van der Waals surface area contributed by atoms with Crippen molar-refractivity contribution >= 4 is 5.69 Å². The Kier molecular flexibility index (Phi) is 3.85. The van der Waals surface area contributed by atoms with E-state index in [0.29, 0.717) is 23.4 Å². The molecule has 1 unspecified atom stereocenters. The molecule has 2 heterocycles. The Morgan fingerprint density at radius 3 is 2.75 bits per heavy atom. The van der Waals surface area contributed by atoms with E-state index < -0.39 is 0 Å². The lowest BCUT2D eigenvalue weighted by Gasteiger charge is -2.08. The Bertz CT molecular complexity index is 647. The van der Waals surface area contributed by atoms with Gasteiger partial charge in [-0.3, -0.25) is 15.1 Å². The second kappa shape index (κ2) is 5.42. The van der Waals surface area contributed by atoms with Gasteiger partial charge in [0.15, 0.2) is 0 Å². The first-order valence-corrected chi connectivity index (χ1v) is 6.41. The molecular formula is C14H18N4O2. The van der Waals surface area contributed by atoms with Crippen molar-refractivity contribution in [2.45, 2.75) is 33.4 Å². The summed E-state index contributed by atoms with van der Waals surface area (Å²) in [6, 6.07) is 1.92. The fourth-order valence-corrected chi connectivity index (χ4v) is 2.21. The minimum atomic E-state index is -0.348. The molecule has 0 amide bonds. The van der Waals surface area contributed by atoms with Gasteiger partial charge in [0.25, 0.3) is 5.69 Å². The molecule has 0 saturated carbocycles. The molecule has 2 N–H and O–H groups in total. The Morgan fingerprint density at radius 2 is 2.20 bits per heavy atom. The van der Waals surface area contributed by atoms with Crippen molar-refractivity contribution in [3.63, 3.8) is 0 Å². The van der Waals surface area contributed by atoms with Gasteiger partial charge in [-0.1, -0.05) is 0 Å². The summed E-state index contributed by atoms with van der Waals surface area (Å²) in [6.07, 6.45) is 5.40. The molecule has 0 aliphatic carbocycles. The maximum atomic E-state index is 11.1. The van der Waals surface area contributed by atoms with Gasteiger partial charge in [0.1, 0.15) is 0 Å². The summed E-state index contributed by atoms with van der Waals surface area (Å²) >= 11 is 0. The van der Waals surface area contributed by atoms with E-state index in [-0.39, 0.29) is 16.7 Å². The number of nitrogens with zero attached hydrogens (tertiary/aromatic N) is 3. The molecule has 2 rings (SSSR count). The van der Waals surface area contributed by atoms with Crippen molar-refractivity contribution in [1.29, 1.82) is 0 Å². The highest BCUT2D eigenvalue weighted by molar-refractivity contribution is 5.47. The fourth-order valence-electron chi connectivity index (χ4n) is 2.21. The van der Waals surface area contributed by atoms with E-state index in [4.69, 9.17) is 5.73 Å². The summed E-state index contributed by atoms with van der Waals surface area (Å²) in [4.78, 5) is 15.1. The highest BCUT2D eigenvalue weighted by Gasteiger charge is 2.18. The van der Waals surface area contributed by atoms with Crippen molar-refractivity contribution in [1.82, 2.24) is 9.55 Å². The predicted octanol–water partition coefficient (Wildman–Crippen LogP) is 2.48. The Labute approximate surface area is 117 Å². The molecule has 6 heteroatoms. The monoisotopic (exact) mass is 274 g/mol. The first-order valence-electron chi connectivity index (χ1n) is 6.41. The van der Waals surface area contributed by atoms with Crippen LogP contribution in [0.25, 0.3) is 0 Å². The minimum Gasteiger partial charge on any atom is -0.348 e. The number of aromatic nitrogens is 2. The predicted molar refractivity (Wildman–Crippen MR) is 76.5 cm³/mol. The van der Waals surface area contributed by atoms with Gasteiger partial charge in [-0.25, -0.2) is 0 Å². The molecule has 0 saturated heterocycles. The van der Waals surface area contributed by atoms with Gasteiger partial charge >= 0.3 is 0 Å². The van der Waals surface area contributed by atoms with Gasteiger partial charge in [0.2, 0.25) is 0 Å². The first-order chi connectivity index (χ1) is 9.40. The van der Waals surface area contributed by atoms with Crippen LogP contribution in [-0.4, -0.2) is 14.5 Å². The van der Waals surface area contributed by atoms with Crippen LogP contribution < -0.4 is 5.73 Å². The maximum Gasteiger partial charge on any atom is 0.278 e. The largest absolute Gasteiger partial charge is 0.348 e. The molecule has 0 radical (unpaired) electrons. The molecule has 2 aromatic rings. The summed E-state index contributed by atoms with van der Waals surface area (Å²) in [5.41, 5.74) is 8.90. The smallest absolute Gasteiger partial charge is 0.278 e. The SMILES string of the molecule is Cc1cnc(Cn2ccc(C(C)N)c2)c(C)c1[N+](=O)[O-]. The van der Waals surface area contributed by atoms with Crippen LogP contribution in [0.4, 0.5) is 5.69 Å². The fraction of sp³-hybridized carbons (Fsp3) is 0.357. The van der Waals surface area contributed by atoms with Crippen molar-refractivity contribution in [2.75, 3.05) is 0 Å². The minimum absolute atomic E-state index is 0.0299. The third-order valence-corrected chi connectivity index (χ3v) is 3.39. The average molecular weight is 274 g/mol. The first kappa shape index (κ1) is 14.2. The number of nitrogens with two attached hydrogens (primary N) is 1. The molecule has 20 heavy (non-hydrogen) atoms. The highest BCUT2D eigenvalue weighted by atomic mass is 16.6. The van der Waals surface area contributed by atoms with Crippen molar-refractivity contribution in [3.8, 4) is 0 Å². The summed E-state index contributed by atoms with van der Waals surface area (Å²) < 4.78 is 1.94. The van der Waals surface area contributed by atoms with E-state index in [1.165, 1.54) is 0 Å². The number of hydrogen-bond acceptors (Lipinski definition) is 4. The number of hydrogen-bond donors (Lipinski definition) is 1. The van der Waals surface area contributed by atoms with Crippen LogP contribution in [0.5, 0.6) is 0 Å². The molecule has 2 aromatic heterocycles.